The van der Waals surface area contributed by atoms with Crippen molar-refractivity contribution in [2.75, 3.05) is 0 Å². The molecule has 0 rings (SSSR count). The molecule has 0 aliphatic heterocycles. The number of hydrogen-bond donors (Lipinski definition) is 3. The topological polar surface area (TPSA) is 89.8 Å². The SMILES string of the molecule is CC(C)(O)NN.O. The van der Waals surface area contributed by atoms with Gasteiger partial charge >= 0.3 is 0 Å². The lowest BCUT2D eigenvalue weighted by molar-refractivity contribution is 0.0439. The van der Waals surface area contributed by atoms with Crippen molar-refractivity contribution in [2.24, 2.45) is 5.84 Å². The molecular formula is C3H12N2O2. The minimum Gasteiger partial charge on any atom is -0.412 e. The first-order valence-electron chi connectivity index (χ1n) is 1.76. The molecule has 0 bridgehead atoms. The van der Waals surface area contributed by atoms with Crippen LogP contribution in [0.2, 0.25) is 0 Å². The summed E-state index contributed by atoms with van der Waals surface area (Å²) in [6.45, 7) is 3.12. The summed E-state index contributed by atoms with van der Waals surface area (Å²) in [7, 11) is 0. The summed E-state index contributed by atoms with van der Waals surface area (Å²) in [4.78, 5) is 0. The fourth-order valence-corrected chi connectivity index (χ4v) is 0. The van der Waals surface area contributed by atoms with Gasteiger partial charge in [-0.3, -0.25) is 5.84 Å². The highest BCUT2D eigenvalue weighted by atomic mass is 16.3. The van der Waals surface area contributed by atoms with Gasteiger partial charge in [0.2, 0.25) is 0 Å². The quantitative estimate of drug-likeness (QED) is 0.213. The lowest BCUT2D eigenvalue weighted by atomic mass is 10.3. The van der Waals surface area contributed by atoms with Crippen molar-refractivity contribution in [2.45, 2.75) is 19.6 Å². The predicted octanol–water partition coefficient (Wildman–Crippen LogP) is -1.65. The normalized spacial score (nSPS) is 10.3. The maximum Gasteiger partial charge on any atom is 0.122 e. The Morgan fingerprint density at radius 3 is 1.71 bits per heavy atom. The third-order valence-corrected chi connectivity index (χ3v) is 0.353. The van der Waals surface area contributed by atoms with Gasteiger partial charge < -0.3 is 10.6 Å². The van der Waals surface area contributed by atoms with Crippen LogP contribution in [0.3, 0.4) is 0 Å². The van der Waals surface area contributed by atoms with Crippen molar-refractivity contribution in [3.05, 3.63) is 0 Å². The Morgan fingerprint density at radius 1 is 1.57 bits per heavy atom. The van der Waals surface area contributed by atoms with Gasteiger partial charge in [0.1, 0.15) is 5.72 Å². The molecule has 46 valence electrons. The molecule has 0 aliphatic rings. The second-order valence-corrected chi connectivity index (χ2v) is 1.70. The summed E-state index contributed by atoms with van der Waals surface area (Å²) >= 11 is 0. The zero-order valence-corrected chi connectivity index (χ0v) is 4.52. The Morgan fingerprint density at radius 2 is 1.71 bits per heavy atom. The minimum atomic E-state index is -0.931. The Labute approximate surface area is 42.6 Å². The predicted molar refractivity (Wildman–Crippen MR) is 27.2 cm³/mol. The summed E-state index contributed by atoms with van der Waals surface area (Å²) in [5.41, 5.74) is 1.23. The highest BCUT2D eigenvalue weighted by molar-refractivity contribution is 4.52. The number of nitrogens with one attached hydrogen (secondary N) is 1. The van der Waals surface area contributed by atoms with E-state index in [9.17, 15) is 0 Å². The van der Waals surface area contributed by atoms with Crippen LogP contribution < -0.4 is 11.3 Å². The highest BCUT2D eigenvalue weighted by Gasteiger charge is 2.05. The van der Waals surface area contributed by atoms with Gasteiger partial charge in [-0.1, -0.05) is 0 Å². The first kappa shape index (κ1) is 9.96. The monoisotopic (exact) mass is 108 g/mol. The van der Waals surface area contributed by atoms with Crippen molar-refractivity contribution >= 4 is 0 Å². The van der Waals surface area contributed by atoms with Gasteiger partial charge in [-0.05, 0) is 13.8 Å². The molecule has 0 radical (unpaired) electrons. The Balaban J connectivity index is 0. The minimum absolute atomic E-state index is 0. The van der Waals surface area contributed by atoms with Gasteiger partial charge in [-0.25, -0.2) is 5.43 Å². The zero-order valence-electron chi connectivity index (χ0n) is 4.52. The van der Waals surface area contributed by atoms with E-state index in [-0.39, 0.29) is 5.48 Å². The number of aliphatic hydroxyl groups is 1. The van der Waals surface area contributed by atoms with Crippen LogP contribution in [0.4, 0.5) is 0 Å². The second kappa shape index (κ2) is 2.92. The number of nitrogens with two attached hydrogens (primary N) is 1. The van der Waals surface area contributed by atoms with Crippen LogP contribution in [0.1, 0.15) is 13.8 Å². The molecule has 0 atom stereocenters. The van der Waals surface area contributed by atoms with Crippen molar-refractivity contribution in [1.29, 1.82) is 0 Å². The van der Waals surface area contributed by atoms with Crippen LogP contribution in [0, 0.1) is 0 Å². The second-order valence-electron chi connectivity index (χ2n) is 1.70. The summed E-state index contributed by atoms with van der Waals surface area (Å²) in [5.74, 6) is 4.81. The maximum absolute atomic E-state index is 8.59. The van der Waals surface area contributed by atoms with E-state index in [0.29, 0.717) is 0 Å². The molecule has 0 fully saturated rings. The lowest BCUT2D eigenvalue weighted by Gasteiger charge is -2.13. The molecular weight excluding hydrogens is 96.0 g/mol. The molecule has 4 nitrogen and oxygen atoms in total. The van der Waals surface area contributed by atoms with Crippen molar-refractivity contribution in [3.63, 3.8) is 0 Å². The number of hydrogen-bond acceptors (Lipinski definition) is 3. The average molecular weight is 108 g/mol. The van der Waals surface area contributed by atoms with Crippen molar-refractivity contribution in [3.8, 4) is 0 Å². The van der Waals surface area contributed by atoms with E-state index in [4.69, 9.17) is 10.9 Å². The van der Waals surface area contributed by atoms with E-state index in [0.717, 1.165) is 0 Å². The fourth-order valence-electron chi connectivity index (χ4n) is 0. The first-order valence-corrected chi connectivity index (χ1v) is 1.76. The third-order valence-electron chi connectivity index (χ3n) is 0.353. The largest absolute Gasteiger partial charge is 0.412 e. The van der Waals surface area contributed by atoms with Gasteiger partial charge in [-0.2, -0.15) is 0 Å². The summed E-state index contributed by atoms with van der Waals surface area (Å²) in [6, 6.07) is 0. The number of rotatable bonds is 1. The van der Waals surface area contributed by atoms with Crippen LogP contribution in [0.25, 0.3) is 0 Å². The van der Waals surface area contributed by atoms with Gasteiger partial charge in [-0.15, -0.1) is 0 Å². The molecule has 0 spiro atoms. The first-order chi connectivity index (χ1) is 2.56. The summed E-state index contributed by atoms with van der Waals surface area (Å²) < 4.78 is 0. The fraction of sp³-hybridized carbons (Fsp3) is 1.00. The maximum atomic E-state index is 8.59. The van der Waals surface area contributed by atoms with Crippen LogP contribution in [-0.4, -0.2) is 16.3 Å². The molecule has 0 saturated carbocycles. The molecule has 0 aromatic heterocycles. The molecule has 0 saturated heterocycles. The zero-order chi connectivity index (χ0) is 5.21. The van der Waals surface area contributed by atoms with E-state index >= 15 is 0 Å². The van der Waals surface area contributed by atoms with E-state index in [2.05, 4.69) is 5.43 Å². The molecule has 0 unspecified atom stereocenters. The van der Waals surface area contributed by atoms with E-state index in [1.807, 2.05) is 0 Å². The van der Waals surface area contributed by atoms with E-state index in [1.54, 1.807) is 13.8 Å². The molecule has 0 heterocycles. The van der Waals surface area contributed by atoms with Crippen LogP contribution in [0.15, 0.2) is 0 Å². The van der Waals surface area contributed by atoms with Gasteiger partial charge in [0.05, 0.1) is 0 Å². The van der Waals surface area contributed by atoms with Crippen molar-refractivity contribution in [1.82, 2.24) is 5.43 Å². The van der Waals surface area contributed by atoms with Gasteiger partial charge in [0.15, 0.2) is 0 Å². The Bertz CT molecular complexity index is 40.7. The van der Waals surface area contributed by atoms with Crippen LogP contribution >= 0.6 is 0 Å². The lowest BCUT2D eigenvalue weighted by Crippen LogP contribution is -2.43. The highest BCUT2D eigenvalue weighted by Crippen LogP contribution is 1.87. The van der Waals surface area contributed by atoms with Crippen LogP contribution in [0.5, 0.6) is 0 Å². The standard InChI is InChI=1S/C3H10N2O.H2O/c1-3(2,6)5-4;/h5-6H,4H2,1-2H3;1H2. The summed E-state index contributed by atoms with van der Waals surface area (Å²) in [6.07, 6.45) is 0. The molecule has 0 amide bonds. The van der Waals surface area contributed by atoms with Gasteiger partial charge in [0.25, 0.3) is 0 Å². The Kier molecular flexibility index (Phi) is 4.16. The molecule has 0 aromatic rings. The smallest absolute Gasteiger partial charge is 0.122 e. The van der Waals surface area contributed by atoms with Gasteiger partial charge in [0, 0.05) is 0 Å². The molecule has 0 aromatic carbocycles. The molecule has 4 heteroatoms. The molecule has 0 aliphatic carbocycles. The van der Waals surface area contributed by atoms with Crippen LogP contribution in [-0.2, 0) is 0 Å². The van der Waals surface area contributed by atoms with E-state index in [1.165, 1.54) is 0 Å². The molecule has 7 heavy (non-hydrogen) atoms. The summed E-state index contributed by atoms with van der Waals surface area (Å²) in [5, 5.41) is 8.59. The van der Waals surface area contributed by atoms with E-state index < -0.39 is 5.72 Å². The Hall–Kier alpha value is -0.160. The van der Waals surface area contributed by atoms with Crippen molar-refractivity contribution < 1.29 is 10.6 Å². The third kappa shape index (κ3) is 10.7. The molecule has 6 N–H and O–H groups in total. The average Bonchev–Trinajstić information content (AvgIpc) is 1.35. The number of hydrazine groups is 1.